The highest BCUT2D eigenvalue weighted by molar-refractivity contribution is 6.33. The molecule has 0 spiro atoms. The first-order valence-electron chi connectivity index (χ1n) is 7.02. The van der Waals surface area contributed by atoms with Crippen molar-refractivity contribution in [2.75, 3.05) is 17.2 Å². The molecule has 0 heterocycles. The fraction of sp³-hybridized carbons (Fsp3) is 0.235. The van der Waals surface area contributed by atoms with Crippen LogP contribution in [0.15, 0.2) is 42.5 Å². The Morgan fingerprint density at radius 1 is 1.14 bits per heavy atom. The quantitative estimate of drug-likeness (QED) is 0.839. The molecule has 2 N–H and O–H groups in total. The molecule has 0 aliphatic rings. The topological polar surface area (TPSA) is 41.1 Å². The summed E-state index contributed by atoms with van der Waals surface area (Å²) in [6.07, 6.45) is 1.06. The third-order valence-electron chi connectivity index (χ3n) is 3.18. The van der Waals surface area contributed by atoms with Crippen LogP contribution in [0.2, 0.25) is 5.02 Å². The Morgan fingerprint density at radius 3 is 2.57 bits per heavy atom. The SMILES string of the molecule is CCCNc1ccc(C(=O)Nc2ccccc2Cl)cc1C. The van der Waals surface area contributed by atoms with Gasteiger partial charge in [-0.05, 0) is 49.2 Å². The van der Waals surface area contributed by atoms with E-state index in [1.54, 1.807) is 12.1 Å². The van der Waals surface area contributed by atoms with E-state index in [9.17, 15) is 4.79 Å². The van der Waals surface area contributed by atoms with Crippen molar-refractivity contribution in [3.63, 3.8) is 0 Å². The average molecular weight is 303 g/mol. The molecule has 0 saturated heterocycles. The van der Waals surface area contributed by atoms with Crippen molar-refractivity contribution in [3.05, 3.63) is 58.6 Å². The summed E-state index contributed by atoms with van der Waals surface area (Å²) in [5, 5.41) is 6.69. The van der Waals surface area contributed by atoms with Crippen molar-refractivity contribution in [2.24, 2.45) is 0 Å². The molecule has 2 aromatic rings. The lowest BCUT2D eigenvalue weighted by Gasteiger charge is -2.11. The highest BCUT2D eigenvalue weighted by atomic mass is 35.5. The number of rotatable bonds is 5. The van der Waals surface area contributed by atoms with Gasteiger partial charge in [0.05, 0.1) is 10.7 Å². The molecule has 0 bridgehead atoms. The average Bonchev–Trinajstić information content (AvgIpc) is 2.48. The number of halogens is 1. The number of para-hydroxylation sites is 1. The van der Waals surface area contributed by atoms with Gasteiger partial charge in [0.2, 0.25) is 0 Å². The summed E-state index contributed by atoms with van der Waals surface area (Å²) in [5.74, 6) is -0.159. The lowest BCUT2D eigenvalue weighted by molar-refractivity contribution is 0.102. The number of aryl methyl sites for hydroxylation is 1. The van der Waals surface area contributed by atoms with Crippen molar-refractivity contribution >= 4 is 28.9 Å². The van der Waals surface area contributed by atoms with Gasteiger partial charge in [0.1, 0.15) is 0 Å². The Hall–Kier alpha value is -2.00. The molecule has 110 valence electrons. The fourth-order valence-electron chi connectivity index (χ4n) is 2.02. The van der Waals surface area contributed by atoms with Gasteiger partial charge < -0.3 is 10.6 Å². The van der Waals surface area contributed by atoms with Gasteiger partial charge in [-0.2, -0.15) is 0 Å². The van der Waals surface area contributed by atoms with Gasteiger partial charge in [-0.25, -0.2) is 0 Å². The number of amides is 1. The van der Waals surface area contributed by atoms with Crippen molar-refractivity contribution < 1.29 is 4.79 Å². The maximum Gasteiger partial charge on any atom is 0.255 e. The summed E-state index contributed by atoms with van der Waals surface area (Å²) in [7, 11) is 0. The largest absolute Gasteiger partial charge is 0.385 e. The molecule has 0 unspecified atom stereocenters. The molecular formula is C17H19ClN2O. The summed E-state index contributed by atoms with van der Waals surface area (Å²) < 4.78 is 0. The zero-order valence-corrected chi connectivity index (χ0v) is 13.0. The third-order valence-corrected chi connectivity index (χ3v) is 3.51. The second kappa shape index (κ2) is 7.14. The minimum absolute atomic E-state index is 0.159. The molecule has 0 aliphatic heterocycles. The van der Waals surface area contributed by atoms with Gasteiger partial charge in [-0.15, -0.1) is 0 Å². The summed E-state index contributed by atoms with van der Waals surface area (Å²) in [6.45, 7) is 5.03. The number of anilines is 2. The Bertz CT molecular complexity index is 640. The number of carbonyl (C=O) groups is 1. The Morgan fingerprint density at radius 2 is 1.90 bits per heavy atom. The van der Waals surface area contributed by atoms with Crippen LogP contribution in [0.1, 0.15) is 29.3 Å². The zero-order chi connectivity index (χ0) is 15.2. The number of hydrogen-bond donors (Lipinski definition) is 2. The summed E-state index contributed by atoms with van der Waals surface area (Å²) in [5.41, 5.74) is 3.35. The molecule has 0 atom stereocenters. The maximum atomic E-state index is 12.3. The van der Waals surface area contributed by atoms with Gasteiger partial charge in [0.15, 0.2) is 0 Å². The highest BCUT2D eigenvalue weighted by Gasteiger charge is 2.09. The number of carbonyl (C=O) groups excluding carboxylic acids is 1. The molecule has 3 nitrogen and oxygen atoms in total. The van der Waals surface area contributed by atoms with E-state index in [0.717, 1.165) is 24.2 Å². The molecule has 2 rings (SSSR count). The maximum absolute atomic E-state index is 12.3. The van der Waals surface area contributed by atoms with Crippen molar-refractivity contribution in [1.82, 2.24) is 0 Å². The Labute approximate surface area is 130 Å². The Balaban J connectivity index is 2.13. The molecule has 0 saturated carbocycles. The molecular weight excluding hydrogens is 284 g/mol. The molecule has 21 heavy (non-hydrogen) atoms. The van der Waals surface area contributed by atoms with E-state index in [1.165, 1.54) is 0 Å². The lowest BCUT2D eigenvalue weighted by atomic mass is 10.1. The van der Waals surface area contributed by atoms with Gasteiger partial charge in [0, 0.05) is 17.8 Å². The number of nitrogens with one attached hydrogen (secondary N) is 2. The molecule has 0 aliphatic carbocycles. The van der Waals surface area contributed by atoms with Crippen LogP contribution in [0.3, 0.4) is 0 Å². The normalized spacial score (nSPS) is 10.2. The molecule has 0 radical (unpaired) electrons. The van der Waals surface area contributed by atoms with Crippen LogP contribution in [0.25, 0.3) is 0 Å². The second-order valence-electron chi connectivity index (χ2n) is 4.89. The summed E-state index contributed by atoms with van der Waals surface area (Å²) >= 11 is 6.04. The molecule has 0 fully saturated rings. The fourth-order valence-corrected chi connectivity index (χ4v) is 2.20. The lowest BCUT2D eigenvalue weighted by Crippen LogP contribution is -2.13. The standard InChI is InChI=1S/C17H19ClN2O/c1-3-10-19-15-9-8-13(11-12(15)2)17(21)20-16-7-5-4-6-14(16)18/h4-9,11,19H,3,10H2,1-2H3,(H,20,21). The predicted octanol–water partition coefficient (Wildman–Crippen LogP) is 4.72. The van der Waals surface area contributed by atoms with Crippen LogP contribution in [0.4, 0.5) is 11.4 Å². The van der Waals surface area contributed by atoms with E-state index in [0.29, 0.717) is 16.3 Å². The van der Waals surface area contributed by atoms with Gasteiger partial charge in [0.25, 0.3) is 5.91 Å². The second-order valence-corrected chi connectivity index (χ2v) is 5.30. The van der Waals surface area contributed by atoms with E-state index >= 15 is 0 Å². The van der Waals surface area contributed by atoms with Gasteiger partial charge >= 0.3 is 0 Å². The van der Waals surface area contributed by atoms with Crippen LogP contribution in [0.5, 0.6) is 0 Å². The first-order valence-corrected chi connectivity index (χ1v) is 7.40. The molecule has 4 heteroatoms. The Kier molecular flexibility index (Phi) is 5.23. The van der Waals surface area contributed by atoms with Gasteiger partial charge in [-0.3, -0.25) is 4.79 Å². The van der Waals surface area contributed by atoms with Crippen LogP contribution in [-0.4, -0.2) is 12.5 Å². The summed E-state index contributed by atoms with van der Waals surface area (Å²) in [6, 6.07) is 12.8. The van der Waals surface area contributed by atoms with Crippen molar-refractivity contribution in [2.45, 2.75) is 20.3 Å². The first-order chi connectivity index (χ1) is 10.1. The minimum Gasteiger partial charge on any atom is -0.385 e. The zero-order valence-electron chi connectivity index (χ0n) is 12.2. The van der Waals surface area contributed by atoms with Crippen LogP contribution >= 0.6 is 11.6 Å². The van der Waals surface area contributed by atoms with E-state index < -0.39 is 0 Å². The van der Waals surface area contributed by atoms with Gasteiger partial charge in [-0.1, -0.05) is 30.7 Å². The highest BCUT2D eigenvalue weighted by Crippen LogP contribution is 2.22. The third kappa shape index (κ3) is 3.99. The molecule has 2 aromatic carbocycles. The van der Waals surface area contributed by atoms with E-state index in [4.69, 9.17) is 11.6 Å². The predicted molar refractivity (Wildman–Crippen MR) is 89.4 cm³/mol. The number of benzene rings is 2. The summed E-state index contributed by atoms with van der Waals surface area (Å²) in [4.78, 5) is 12.3. The smallest absolute Gasteiger partial charge is 0.255 e. The van der Waals surface area contributed by atoms with E-state index in [1.807, 2.05) is 37.3 Å². The van der Waals surface area contributed by atoms with Crippen LogP contribution in [-0.2, 0) is 0 Å². The van der Waals surface area contributed by atoms with E-state index in [-0.39, 0.29) is 5.91 Å². The monoisotopic (exact) mass is 302 g/mol. The first kappa shape index (κ1) is 15.4. The minimum atomic E-state index is -0.159. The number of hydrogen-bond acceptors (Lipinski definition) is 2. The molecule has 1 amide bonds. The van der Waals surface area contributed by atoms with Crippen molar-refractivity contribution in [3.8, 4) is 0 Å². The van der Waals surface area contributed by atoms with Crippen LogP contribution < -0.4 is 10.6 Å². The van der Waals surface area contributed by atoms with Crippen LogP contribution in [0, 0.1) is 6.92 Å². The van der Waals surface area contributed by atoms with E-state index in [2.05, 4.69) is 17.6 Å². The van der Waals surface area contributed by atoms with Crippen molar-refractivity contribution in [1.29, 1.82) is 0 Å². The molecule has 0 aromatic heterocycles.